The Morgan fingerprint density at radius 3 is 2.21 bits per heavy atom. The van der Waals surface area contributed by atoms with Gasteiger partial charge in [-0.05, 0) is 105 Å². The van der Waals surface area contributed by atoms with Crippen molar-refractivity contribution in [2.24, 2.45) is 34.5 Å². The van der Waals surface area contributed by atoms with Crippen LogP contribution in [0.25, 0.3) is 0 Å². The molecule has 5 heteroatoms. The summed E-state index contributed by atoms with van der Waals surface area (Å²) in [5.41, 5.74) is 0.443. The second-order valence-electron chi connectivity index (χ2n) is 12.9. The van der Waals surface area contributed by atoms with Gasteiger partial charge in [0.15, 0.2) is 0 Å². The lowest BCUT2D eigenvalue weighted by atomic mass is 9.44. The van der Waals surface area contributed by atoms with Crippen molar-refractivity contribution in [3.05, 3.63) is 0 Å². The van der Waals surface area contributed by atoms with E-state index in [2.05, 4.69) is 23.6 Å². The molecular weight excluding hydrogens is 412 g/mol. The second kappa shape index (κ2) is 9.03. The Morgan fingerprint density at radius 1 is 0.788 bits per heavy atom. The highest BCUT2D eigenvalue weighted by Crippen LogP contribution is 2.66. The molecular formula is C28H50N2O3. The average Bonchev–Trinajstić information content (AvgIpc) is 3.41. The van der Waals surface area contributed by atoms with E-state index in [0.717, 1.165) is 51.0 Å². The maximum atomic E-state index is 11.5. The molecule has 2 N–H and O–H groups in total. The molecule has 0 bridgehead atoms. The van der Waals surface area contributed by atoms with Crippen molar-refractivity contribution in [2.45, 2.75) is 103 Å². The first kappa shape index (κ1) is 24.5. The van der Waals surface area contributed by atoms with E-state index >= 15 is 0 Å². The number of ether oxygens (including phenoxy) is 1. The normalized spacial score (nSPS) is 53.1. The number of morpholine rings is 1. The van der Waals surface area contributed by atoms with Gasteiger partial charge >= 0.3 is 0 Å². The molecule has 190 valence electrons. The first-order valence-corrected chi connectivity index (χ1v) is 13.8. The third-order valence-corrected chi connectivity index (χ3v) is 11.8. The Balaban J connectivity index is 0.00000228. The molecule has 0 aromatic heterocycles. The van der Waals surface area contributed by atoms with Crippen LogP contribution in [0, 0.1) is 34.5 Å². The van der Waals surface area contributed by atoms with Crippen molar-refractivity contribution in [3.63, 3.8) is 0 Å². The smallest absolute Gasteiger partial charge is 0.0751 e. The largest absolute Gasteiger partial charge is 0.391 e. The van der Waals surface area contributed by atoms with Crippen molar-refractivity contribution in [3.8, 4) is 0 Å². The van der Waals surface area contributed by atoms with Crippen molar-refractivity contribution in [1.82, 2.24) is 9.80 Å². The average molecular weight is 463 g/mol. The van der Waals surface area contributed by atoms with E-state index in [9.17, 15) is 10.2 Å². The SMILES string of the molecule is C.C[C@]12C[C@H](N3CCOCC3)[C@@H](O)CC1CCC1C2CC[C@@]2(C)C1C[C@H](N1CCCC1)[C@@H]2O. The van der Waals surface area contributed by atoms with E-state index in [4.69, 9.17) is 4.74 Å². The van der Waals surface area contributed by atoms with E-state index in [1.807, 2.05) is 0 Å². The number of aliphatic hydroxyl groups is 2. The molecule has 0 aromatic carbocycles. The zero-order valence-electron chi connectivity index (χ0n) is 20.4. The molecule has 0 radical (unpaired) electrons. The first-order valence-electron chi connectivity index (χ1n) is 13.8. The topological polar surface area (TPSA) is 56.2 Å². The van der Waals surface area contributed by atoms with Crippen LogP contribution in [0.4, 0.5) is 0 Å². The fraction of sp³-hybridized carbons (Fsp3) is 1.00. The number of hydrogen-bond donors (Lipinski definition) is 2. The zero-order valence-corrected chi connectivity index (χ0v) is 20.4. The lowest BCUT2D eigenvalue weighted by Crippen LogP contribution is -2.61. The molecule has 4 unspecified atom stereocenters. The van der Waals surface area contributed by atoms with Crippen molar-refractivity contribution < 1.29 is 14.9 Å². The highest BCUT2D eigenvalue weighted by Gasteiger charge is 2.63. The van der Waals surface area contributed by atoms with Crippen LogP contribution in [0.1, 0.15) is 79.1 Å². The van der Waals surface area contributed by atoms with Crippen LogP contribution in [0.5, 0.6) is 0 Å². The van der Waals surface area contributed by atoms with Crippen LogP contribution in [0.15, 0.2) is 0 Å². The quantitative estimate of drug-likeness (QED) is 0.654. The predicted molar refractivity (Wildman–Crippen MR) is 132 cm³/mol. The minimum absolute atomic E-state index is 0. The highest BCUT2D eigenvalue weighted by atomic mass is 16.5. The summed E-state index contributed by atoms with van der Waals surface area (Å²) in [6.45, 7) is 11.0. The maximum absolute atomic E-state index is 11.5. The Bertz CT molecular complexity index is 693. The van der Waals surface area contributed by atoms with Gasteiger partial charge in [0, 0.05) is 25.2 Å². The summed E-state index contributed by atoms with van der Waals surface area (Å²) >= 11 is 0. The summed E-state index contributed by atoms with van der Waals surface area (Å²) in [6.07, 6.45) is 10.7. The summed E-state index contributed by atoms with van der Waals surface area (Å²) in [7, 11) is 0. The molecule has 33 heavy (non-hydrogen) atoms. The van der Waals surface area contributed by atoms with Gasteiger partial charge in [-0.25, -0.2) is 0 Å². The Morgan fingerprint density at radius 2 is 1.48 bits per heavy atom. The van der Waals surface area contributed by atoms with Crippen molar-refractivity contribution >= 4 is 0 Å². The molecule has 2 heterocycles. The molecule has 0 spiro atoms. The van der Waals surface area contributed by atoms with Crippen LogP contribution in [-0.4, -0.2) is 83.7 Å². The molecule has 6 fully saturated rings. The van der Waals surface area contributed by atoms with Crippen LogP contribution < -0.4 is 0 Å². The molecule has 5 nitrogen and oxygen atoms in total. The molecule has 6 rings (SSSR count). The third-order valence-electron chi connectivity index (χ3n) is 11.8. The van der Waals surface area contributed by atoms with Gasteiger partial charge in [0.25, 0.3) is 0 Å². The number of hydrogen-bond acceptors (Lipinski definition) is 5. The molecule has 6 aliphatic rings. The monoisotopic (exact) mass is 462 g/mol. The number of likely N-dealkylation sites (tertiary alicyclic amines) is 1. The van der Waals surface area contributed by atoms with Gasteiger partial charge in [0.1, 0.15) is 0 Å². The molecule has 4 saturated carbocycles. The van der Waals surface area contributed by atoms with Crippen LogP contribution >= 0.6 is 0 Å². The fourth-order valence-electron chi connectivity index (χ4n) is 9.97. The van der Waals surface area contributed by atoms with E-state index < -0.39 is 0 Å². The lowest BCUT2D eigenvalue weighted by molar-refractivity contribution is -0.158. The number of fused-ring (bicyclic) bond motifs is 5. The van der Waals surface area contributed by atoms with Gasteiger partial charge in [-0.15, -0.1) is 0 Å². The summed E-state index contributed by atoms with van der Waals surface area (Å²) in [6, 6.07) is 0.699. The number of aliphatic hydroxyl groups excluding tert-OH is 2. The minimum Gasteiger partial charge on any atom is -0.391 e. The lowest BCUT2D eigenvalue weighted by Gasteiger charge is -2.62. The van der Waals surface area contributed by atoms with Gasteiger partial charge in [0.05, 0.1) is 25.4 Å². The van der Waals surface area contributed by atoms with E-state index in [0.29, 0.717) is 29.3 Å². The predicted octanol–water partition coefficient (Wildman–Crippen LogP) is 3.77. The highest BCUT2D eigenvalue weighted by molar-refractivity contribution is 5.14. The fourth-order valence-corrected chi connectivity index (χ4v) is 9.97. The Labute approximate surface area is 202 Å². The van der Waals surface area contributed by atoms with Crippen molar-refractivity contribution in [1.29, 1.82) is 0 Å². The van der Waals surface area contributed by atoms with Gasteiger partial charge in [0.2, 0.25) is 0 Å². The summed E-state index contributed by atoms with van der Waals surface area (Å²) in [5.74, 6) is 2.87. The Kier molecular flexibility index (Phi) is 6.70. The zero-order chi connectivity index (χ0) is 22.1. The molecule has 2 aliphatic heterocycles. The number of nitrogens with zero attached hydrogens (tertiary/aromatic N) is 2. The first-order chi connectivity index (χ1) is 15.4. The van der Waals surface area contributed by atoms with E-state index in [1.165, 1.54) is 58.0 Å². The van der Waals surface area contributed by atoms with Crippen molar-refractivity contribution in [2.75, 3.05) is 39.4 Å². The summed E-state index contributed by atoms with van der Waals surface area (Å²) in [5, 5.41) is 22.7. The molecule has 4 aliphatic carbocycles. The molecule has 10 atom stereocenters. The maximum Gasteiger partial charge on any atom is 0.0751 e. The molecule has 2 saturated heterocycles. The van der Waals surface area contributed by atoms with E-state index in [1.54, 1.807) is 0 Å². The van der Waals surface area contributed by atoms with E-state index in [-0.39, 0.29) is 25.0 Å². The van der Waals surface area contributed by atoms with Crippen LogP contribution in [-0.2, 0) is 4.74 Å². The number of rotatable bonds is 2. The van der Waals surface area contributed by atoms with Crippen LogP contribution in [0.3, 0.4) is 0 Å². The Hall–Kier alpha value is -0.200. The van der Waals surface area contributed by atoms with Gasteiger partial charge in [-0.2, -0.15) is 0 Å². The van der Waals surface area contributed by atoms with Gasteiger partial charge < -0.3 is 14.9 Å². The standard InChI is InChI=1S/C27H46N2O3.CH4/c1-26-8-7-20-19(21(26)16-22(25(26)31)28-9-3-4-10-28)6-5-18-15-24(30)23(17-27(18,20)2)29-11-13-32-14-12-29;/h18-25,30-31H,3-17H2,1-2H3;1H4/t18?,19?,20?,21?,22-,23-,24-,25-,26-,27-;/m0./s1. The third kappa shape index (κ3) is 3.75. The summed E-state index contributed by atoms with van der Waals surface area (Å²) < 4.78 is 5.61. The second-order valence-corrected chi connectivity index (χ2v) is 12.9. The summed E-state index contributed by atoms with van der Waals surface area (Å²) in [4.78, 5) is 5.16. The van der Waals surface area contributed by atoms with Gasteiger partial charge in [-0.3, -0.25) is 9.80 Å². The van der Waals surface area contributed by atoms with Gasteiger partial charge in [-0.1, -0.05) is 21.3 Å². The minimum atomic E-state index is -0.176. The molecule has 0 aromatic rings. The molecule has 0 amide bonds. The van der Waals surface area contributed by atoms with Crippen LogP contribution in [0.2, 0.25) is 0 Å².